The fourth-order valence-corrected chi connectivity index (χ4v) is 2.63. The molecule has 0 unspecified atom stereocenters. The first-order valence-electron chi connectivity index (χ1n) is 6.05. The summed E-state index contributed by atoms with van der Waals surface area (Å²) in [6, 6.07) is 0.665. The van der Waals surface area contributed by atoms with Crippen LogP contribution in [0.15, 0.2) is 12.4 Å². The van der Waals surface area contributed by atoms with Crippen molar-refractivity contribution in [3.05, 3.63) is 12.4 Å². The maximum absolute atomic E-state index is 4.30. The third-order valence-electron chi connectivity index (χ3n) is 3.68. The van der Waals surface area contributed by atoms with E-state index in [9.17, 15) is 0 Å². The van der Waals surface area contributed by atoms with Crippen LogP contribution in [0.1, 0.15) is 45.1 Å². The lowest BCUT2D eigenvalue weighted by Crippen LogP contribution is -2.18. The van der Waals surface area contributed by atoms with Crippen LogP contribution in [-0.4, -0.2) is 16.6 Å². The molecule has 0 saturated heterocycles. The van der Waals surface area contributed by atoms with Crippen LogP contribution >= 0.6 is 0 Å². The number of nitrogens with zero attached hydrogens (tertiary/aromatic N) is 2. The first kappa shape index (κ1) is 10.5. The average molecular weight is 207 g/mol. The van der Waals surface area contributed by atoms with E-state index < -0.39 is 0 Å². The van der Waals surface area contributed by atoms with E-state index >= 15 is 0 Å². The van der Waals surface area contributed by atoms with Gasteiger partial charge in [-0.05, 0) is 31.6 Å². The highest BCUT2D eigenvalue weighted by molar-refractivity contribution is 5.25. The summed E-state index contributed by atoms with van der Waals surface area (Å²) >= 11 is 0. The van der Waals surface area contributed by atoms with E-state index in [0.29, 0.717) is 6.04 Å². The average Bonchev–Trinajstić information content (AvgIpc) is 2.77. The van der Waals surface area contributed by atoms with Crippen molar-refractivity contribution in [2.24, 2.45) is 5.92 Å². The van der Waals surface area contributed by atoms with Gasteiger partial charge in [-0.1, -0.05) is 13.3 Å². The van der Waals surface area contributed by atoms with Gasteiger partial charge in [-0.15, -0.1) is 0 Å². The Morgan fingerprint density at radius 3 is 2.73 bits per heavy atom. The summed E-state index contributed by atoms with van der Waals surface area (Å²) in [5.41, 5.74) is 0. The lowest BCUT2D eigenvalue weighted by molar-refractivity contribution is 0.271. The highest BCUT2D eigenvalue weighted by Gasteiger charge is 2.22. The van der Waals surface area contributed by atoms with Crippen molar-refractivity contribution in [3.63, 3.8) is 0 Å². The number of hydrogen-bond acceptors (Lipinski definition) is 2. The van der Waals surface area contributed by atoms with Gasteiger partial charge in [0.2, 0.25) is 5.95 Å². The van der Waals surface area contributed by atoms with Gasteiger partial charge in [0.15, 0.2) is 0 Å². The molecule has 1 aromatic heterocycles. The van der Waals surface area contributed by atoms with Gasteiger partial charge in [-0.25, -0.2) is 4.98 Å². The molecule has 0 aromatic carbocycles. The summed E-state index contributed by atoms with van der Waals surface area (Å²) in [6.07, 6.45) is 10.7. The zero-order valence-electron chi connectivity index (χ0n) is 9.74. The molecule has 0 atom stereocenters. The number of anilines is 1. The first-order chi connectivity index (χ1) is 7.35. The first-order valence-corrected chi connectivity index (χ1v) is 6.05. The lowest BCUT2D eigenvalue weighted by Gasteiger charge is -2.29. The molecule has 0 bridgehead atoms. The van der Waals surface area contributed by atoms with Crippen LogP contribution in [0, 0.1) is 5.92 Å². The predicted octanol–water partition coefficient (Wildman–Crippen LogP) is 3.07. The monoisotopic (exact) mass is 207 g/mol. The molecule has 1 aromatic rings. The van der Waals surface area contributed by atoms with Gasteiger partial charge in [0.1, 0.15) is 0 Å². The number of hydrogen-bond donors (Lipinski definition) is 1. The van der Waals surface area contributed by atoms with E-state index in [1.54, 1.807) is 0 Å². The van der Waals surface area contributed by atoms with E-state index in [4.69, 9.17) is 0 Å². The third kappa shape index (κ3) is 2.16. The molecule has 15 heavy (non-hydrogen) atoms. The maximum Gasteiger partial charge on any atom is 0.202 e. The van der Waals surface area contributed by atoms with E-state index in [1.807, 2.05) is 13.2 Å². The molecule has 1 heterocycles. The second kappa shape index (κ2) is 4.69. The molecule has 0 radical (unpaired) electrons. The Bertz CT molecular complexity index is 298. The summed E-state index contributed by atoms with van der Waals surface area (Å²) in [6.45, 7) is 2.31. The lowest BCUT2D eigenvalue weighted by atomic mass is 9.84. The van der Waals surface area contributed by atoms with Crippen molar-refractivity contribution < 1.29 is 0 Å². The Morgan fingerprint density at radius 1 is 1.40 bits per heavy atom. The van der Waals surface area contributed by atoms with E-state index in [1.165, 1.54) is 32.1 Å². The minimum Gasteiger partial charge on any atom is -0.359 e. The Hall–Kier alpha value is -0.990. The Balaban J connectivity index is 2.01. The quantitative estimate of drug-likeness (QED) is 0.825. The van der Waals surface area contributed by atoms with Crippen LogP contribution in [-0.2, 0) is 0 Å². The SMILES string of the molecule is CCC1CCC(n2ccnc2NC)CC1. The van der Waals surface area contributed by atoms with Crippen LogP contribution in [0.5, 0.6) is 0 Å². The van der Waals surface area contributed by atoms with Crippen molar-refractivity contribution in [1.82, 2.24) is 9.55 Å². The summed E-state index contributed by atoms with van der Waals surface area (Å²) < 4.78 is 2.30. The fourth-order valence-electron chi connectivity index (χ4n) is 2.63. The topological polar surface area (TPSA) is 29.9 Å². The summed E-state index contributed by atoms with van der Waals surface area (Å²) in [5, 5.41) is 3.15. The van der Waals surface area contributed by atoms with Crippen LogP contribution in [0.4, 0.5) is 5.95 Å². The summed E-state index contributed by atoms with van der Waals surface area (Å²) in [5.74, 6) is 1.97. The van der Waals surface area contributed by atoms with Crippen LogP contribution < -0.4 is 5.32 Å². The van der Waals surface area contributed by atoms with Crippen molar-refractivity contribution in [2.75, 3.05) is 12.4 Å². The zero-order chi connectivity index (χ0) is 10.7. The Morgan fingerprint density at radius 2 is 2.13 bits per heavy atom. The van der Waals surface area contributed by atoms with E-state index in [-0.39, 0.29) is 0 Å². The highest BCUT2D eigenvalue weighted by atomic mass is 15.2. The van der Waals surface area contributed by atoms with Crippen molar-refractivity contribution in [1.29, 1.82) is 0 Å². The molecular formula is C12H21N3. The second-order valence-corrected chi connectivity index (χ2v) is 4.49. The molecule has 0 amide bonds. The fraction of sp³-hybridized carbons (Fsp3) is 0.750. The number of aromatic nitrogens is 2. The van der Waals surface area contributed by atoms with Crippen molar-refractivity contribution in [2.45, 2.75) is 45.1 Å². The van der Waals surface area contributed by atoms with E-state index in [2.05, 4.69) is 28.0 Å². The number of nitrogens with one attached hydrogen (secondary N) is 1. The van der Waals surface area contributed by atoms with E-state index in [0.717, 1.165) is 11.9 Å². The molecule has 2 rings (SSSR count). The smallest absolute Gasteiger partial charge is 0.202 e. The van der Waals surface area contributed by atoms with Gasteiger partial charge in [-0.2, -0.15) is 0 Å². The summed E-state index contributed by atoms with van der Waals surface area (Å²) in [7, 11) is 1.94. The molecule has 0 spiro atoms. The number of rotatable bonds is 3. The zero-order valence-corrected chi connectivity index (χ0v) is 9.74. The van der Waals surface area contributed by atoms with Gasteiger partial charge < -0.3 is 9.88 Å². The van der Waals surface area contributed by atoms with Gasteiger partial charge in [-0.3, -0.25) is 0 Å². The van der Waals surface area contributed by atoms with Crippen molar-refractivity contribution >= 4 is 5.95 Å². The highest BCUT2D eigenvalue weighted by Crippen LogP contribution is 2.34. The molecule has 0 aliphatic heterocycles. The van der Waals surface area contributed by atoms with Gasteiger partial charge >= 0.3 is 0 Å². The Kier molecular flexibility index (Phi) is 3.29. The molecule has 84 valence electrons. The normalized spacial score (nSPS) is 26.5. The van der Waals surface area contributed by atoms with Gasteiger partial charge in [0, 0.05) is 25.5 Å². The molecule has 1 N–H and O–H groups in total. The molecule has 3 nitrogen and oxygen atoms in total. The largest absolute Gasteiger partial charge is 0.359 e. The van der Waals surface area contributed by atoms with Crippen molar-refractivity contribution in [3.8, 4) is 0 Å². The van der Waals surface area contributed by atoms with Crippen LogP contribution in [0.2, 0.25) is 0 Å². The third-order valence-corrected chi connectivity index (χ3v) is 3.68. The molecule has 1 fully saturated rings. The standard InChI is InChI=1S/C12H21N3/c1-3-10-4-6-11(7-5-10)15-9-8-14-12(15)13-2/h8-11H,3-7H2,1-2H3,(H,13,14). The van der Waals surface area contributed by atoms with Crippen LogP contribution in [0.25, 0.3) is 0 Å². The molecule has 1 aliphatic carbocycles. The molecular weight excluding hydrogens is 186 g/mol. The predicted molar refractivity (Wildman–Crippen MR) is 63.1 cm³/mol. The minimum absolute atomic E-state index is 0.665. The van der Waals surface area contributed by atoms with Crippen LogP contribution in [0.3, 0.4) is 0 Å². The van der Waals surface area contributed by atoms with Gasteiger partial charge in [0.25, 0.3) is 0 Å². The molecule has 1 aliphatic rings. The molecule has 1 saturated carbocycles. The summed E-state index contributed by atoms with van der Waals surface area (Å²) in [4.78, 5) is 4.30. The Labute approximate surface area is 91.9 Å². The second-order valence-electron chi connectivity index (χ2n) is 4.49. The van der Waals surface area contributed by atoms with Gasteiger partial charge in [0.05, 0.1) is 0 Å². The minimum atomic E-state index is 0.665. The number of imidazole rings is 1. The maximum atomic E-state index is 4.30. The molecule has 3 heteroatoms.